The topological polar surface area (TPSA) is 93.5 Å². The maximum absolute atomic E-state index is 13.5. The van der Waals surface area contributed by atoms with E-state index in [-0.39, 0.29) is 28.0 Å². The van der Waals surface area contributed by atoms with Gasteiger partial charge >= 0.3 is 0 Å². The zero-order valence-corrected chi connectivity index (χ0v) is 20.2. The predicted molar refractivity (Wildman–Crippen MR) is 128 cm³/mol. The van der Waals surface area contributed by atoms with Gasteiger partial charge in [0.2, 0.25) is 16.0 Å². The van der Waals surface area contributed by atoms with Crippen LogP contribution >= 0.6 is 0 Å². The molecule has 9 heteroatoms. The number of amides is 1. The number of aryl methyl sites for hydroxylation is 1. The van der Waals surface area contributed by atoms with Crippen molar-refractivity contribution in [1.29, 1.82) is 0 Å². The Labute approximate surface area is 194 Å². The molecule has 1 aliphatic rings. The van der Waals surface area contributed by atoms with Gasteiger partial charge in [-0.05, 0) is 55.5 Å². The first-order valence-corrected chi connectivity index (χ1v) is 12.6. The summed E-state index contributed by atoms with van der Waals surface area (Å²) in [6.45, 7) is 7.61. The van der Waals surface area contributed by atoms with Crippen molar-refractivity contribution < 1.29 is 17.9 Å². The van der Waals surface area contributed by atoms with E-state index in [4.69, 9.17) is 4.74 Å². The van der Waals surface area contributed by atoms with E-state index < -0.39 is 15.9 Å². The Morgan fingerprint density at radius 3 is 2.52 bits per heavy atom. The first-order valence-electron chi connectivity index (χ1n) is 11.2. The van der Waals surface area contributed by atoms with E-state index in [0.717, 1.165) is 17.5 Å². The van der Waals surface area contributed by atoms with Gasteiger partial charge in [-0.15, -0.1) is 0 Å². The minimum Gasteiger partial charge on any atom is -0.495 e. The van der Waals surface area contributed by atoms with Crippen molar-refractivity contribution in [2.45, 2.75) is 38.6 Å². The number of carbonyl (C=O) groups is 1. The van der Waals surface area contributed by atoms with Gasteiger partial charge < -0.3 is 9.30 Å². The molecule has 1 aromatic heterocycles. The van der Waals surface area contributed by atoms with Gasteiger partial charge in [0.1, 0.15) is 10.6 Å². The zero-order valence-electron chi connectivity index (χ0n) is 19.4. The molecule has 1 amide bonds. The number of hydrogen-bond acceptors (Lipinski definition) is 5. The normalized spacial score (nSPS) is 19.5. The first-order chi connectivity index (χ1) is 15.7. The van der Waals surface area contributed by atoms with Crippen LogP contribution in [-0.4, -0.2) is 48.4 Å². The largest absolute Gasteiger partial charge is 0.495 e. The number of aromatic nitrogens is 2. The summed E-state index contributed by atoms with van der Waals surface area (Å²) in [5.74, 6) is 0.742. The molecule has 0 saturated carbocycles. The number of fused-ring (bicyclic) bond motifs is 1. The van der Waals surface area contributed by atoms with Crippen molar-refractivity contribution in [2.75, 3.05) is 25.5 Å². The number of anilines is 1. The lowest BCUT2D eigenvalue weighted by Crippen LogP contribution is -2.42. The maximum Gasteiger partial charge on any atom is 0.258 e. The summed E-state index contributed by atoms with van der Waals surface area (Å²) in [5, 5.41) is 2.84. The van der Waals surface area contributed by atoms with Gasteiger partial charge in [0.05, 0.1) is 18.1 Å². The fourth-order valence-electron chi connectivity index (χ4n) is 4.63. The van der Waals surface area contributed by atoms with Crippen molar-refractivity contribution in [3.05, 3.63) is 48.0 Å². The molecular weight excluding hydrogens is 440 g/mol. The number of imidazole rings is 1. The molecule has 0 spiro atoms. The van der Waals surface area contributed by atoms with Crippen LogP contribution in [0.4, 0.5) is 5.95 Å². The van der Waals surface area contributed by atoms with Gasteiger partial charge in [0, 0.05) is 25.2 Å². The fourth-order valence-corrected chi connectivity index (χ4v) is 6.49. The van der Waals surface area contributed by atoms with Gasteiger partial charge in [-0.25, -0.2) is 13.4 Å². The summed E-state index contributed by atoms with van der Waals surface area (Å²) in [6.07, 6.45) is 0.990. The number of carbonyl (C=O) groups excluding carboxylic acids is 1. The van der Waals surface area contributed by atoms with Crippen LogP contribution in [0.1, 0.15) is 37.6 Å². The van der Waals surface area contributed by atoms with Crippen LogP contribution in [0.2, 0.25) is 0 Å². The van der Waals surface area contributed by atoms with Crippen LogP contribution < -0.4 is 10.1 Å². The molecule has 176 valence electrons. The minimum atomic E-state index is -3.83. The monoisotopic (exact) mass is 470 g/mol. The second-order valence-electron chi connectivity index (χ2n) is 8.76. The van der Waals surface area contributed by atoms with Crippen LogP contribution in [0.3, 0.4) is 0 Å². The number of rotatable bonds is 6. The molecule has 0 aliphatic carbocycles. The lowest BCUT2D eigenvalue weighted by molar-refractivity contribution is 0.102. The standard InChI is InChI=1S/C24H30N4O4S/c1-5-28-20-9-7-6-8-19(20)25-24(28)26-23(29)18-10-11-21(32-4)22(13-18)33(30,31)27-14-16(2)12-17(3)15-27/h6-11,13,16-17H,5,12,14-15H2,1-4H3,(H,25,26,29)/t16-,17+. The summed E-state index contributed by atoms with van der Waals surface area (Å²) >= 11 is 0. The Bertz CT molecular complexity index is 1270. The summed E-state index contributed by atoms with van der Waals surface area (Å²) in [5.41, 5.74) is 1.92. The Morgan fingerprint density at radius 1 is 1.15 bits per heavy atom. The number of nitrogens with one attached hydrogen (secondary N) is 1. The van der Waals surface area contributed by atoms with E-state index in [1.54, 1.807) is 6.07 Å². The molecule has 2 aromatic carbocycles. The highest BCUT2D eigenvalue weighted by atomic mass is 32.2. The van der Waals surface area contributed by atoms with Crippen molar-refractivity contribution >= 4 is 32.9 Å². The van der Waals surface area contributed by atoms with Crippen molar-refractivity contribution in [3.8, 4) is 5.75 Å². The van der Waals surface area contributed by atoms with Gasteiger partial charge in [0.25, 0.3) is 5.91 Å². The molecule has 1 fully saturated rings. The van der Waals surface area contributed by atoms with Crippen LogP contribution in [0.25, 0.3) is 11.0 Å². The third kappa shape index (κ3) is 4.47. The zero-order chi connectivity index (χ0) is 23.8. The lowest BCUT2D eigenvalue weighted by Gasteiger charge is -2.34. The Hall–Kier alpha value is -2.91. The fraction of sp³-hybridized carbons (Fsp3) is 0.417. The molecule has 4 rings (SSSR count). The summed E-state index contributed by atoms with van der Waals surface area (Å²) in [7, 11) is -2.40. The third-order valence-corrected chi connectivity index (χ3v) is 7.93. The Morgan fingerprint density at radius 2 is 1.85 bits per heavy atom. The van der Waals surface area contributed by atoms with Gasteiger partial charge in [-0.2, -0.15) is 4.31 Å². The molecule has 2 atom stereocenters. The van der Waals surface area contributed by atoms with Crippen molar-refractivity contribution in [3.63, 3.8) is 0 Å². The molecule has 0 unspecified atom stereocenters. The van der Waals surface area contributed by atoms with E-state index in [1.165, 1.54) is 23.5 Å². The smallest absolute Gasteiger partial charge is 0.258 e. The second-order valence-corrected chi connectivity index (χ2v) is 10.7. The molecule has 2 heterocycles. The summed E-state index contributed by atoms with van der Waals surface area (Å²) < 4.78 is 35.8. The van der Waals surface area contributed by atoms with Gasteiger partial charge in [0.15, 0.2) is 0 Å². The average molecular weight is 471 g/mol. The molecule has 33 heavy (non-hydrogen) atoms. The van der Waals surface area contributed by atoms with Gasteiger partial charge in [-0.1, -0.05) is 26.0 Å². The van der Waals surface area contributed by atoms with E-state index >= 15 is 0 Å². The Kier molecular flexibility index (Phi) is 6.45. The molecule has 0 radical (unpaired) electrons. The second kappa shape index (κ2) is 9.15. The number of benzene rings is 2. The van der Waals surface area contributed by atoms with Crippen LogP contribution in [0.15, 0.2) is 47.4 Å². The number of piperidine rings is 1. The number of hydrogen-bond donors (Lipinski definition) is 1. The van der Waals surface area contributed by atoms with E-state index in [9.17, 15) is 13.2 Å². The van der Waals surface area contributed by atoms with E-state index in [0.29, 0.717) is 25.6 Å². The van der Waals surface area contributed by atoms with Crippen LogP contribution in [-0.2, 0) is 16.6 Å². The first kappa shape index (κ1) is 23.3. The van der Waals surface area contributed by atoms with E-state index in [1.807, 2.05) is 35.8 Å². The molecular formula is C24H30N4O4S. The summed E-state index contributed by atoms with van der Waals surface area (Å²) in [4.78, 5) is 17.6. The molecule has 1 aliphatic heterocycles. The Balaban J connectivity index is 1.67. The lowest BCUT2D eigenvalue weighted by atomic mass is 9.94. The quantitative estimate of drug-likeness (QED) is 0.588. The van der Waals surface area contributed by atoms with E-state index in [2.05, 4.69) is 24.1 Å². The van der Waals surface area contributed by atoms with Crippen molar-refractivity contribution in [2.24, 2.45) is 11.8 Å². The number of methoxy groups -OCH3 is 1. The highest BCUT2D eigenvalue weighted by Gasteiger charge is 2.34. The number of nitrogens with zero attached hydrogens (tertiary/aromatic N) is 3. The predicted octanol–water partition coefficient (Wildman–Crippen LogP) is 3.98. The molecule has 1 N–H and O–H groups in total. The SMILES string of the molecule is CCn1c(NC(=O)c2ccc(OC)c(S(=O)(=O)N3C[C@H](C)C[C@H](C)C3)c2)nc2ccccc21. The highest BCUT2D eigenvalue weighted by Crippen LogP contribution is 2.32. The van der Waals surface area contributed by atoms with Crippen LogP contribution in [0, 0.1) is 11.8 Å². The molecule has 1 saturated heterocycles. The average Bonchev–Trinajstić information content (AvgIpc) is 3.14. The molecule has 0 bridgehead atoms. The van der Waals surface area contributed by atoms with Crippen molar-refractivity contribution in [1.82, 2.24) is 13.9 Å². The number of sulfonamides is 1. The number of ether oxygens (including phenoxy) is 1. The van der Waals surface area contributed by atoms with Gasteiger partial charge in [-0.3, -0.25) is 10.1 Å². The third-order valence-electron chi connectivity index (χ3n) is 6.08. The number of para-hydroxylation sites is 2. The minimum absolute atomic E-state index is 0.00273. The maximum atomic E-state index is 13.5. The molecule has 8 nitrogen and oxygen atoms in total. The molecule has 3 aromatic rings. The van der Waals surface area contributed by atoms with Crippen LogP contribution in [0.5, 0.6) is 5.75 Å². The summed E-state index contributed by atoms with van der Waals surface area (Å²) in [6, 6.07) is 12.1. The highest BCUT2D eigenvalue weighted by molar-refractivity contribution is 7.89.